The normalized spacial score (nSPS) is 18.4. The van der Waals surface area contributed by atoms with Gasteiger partial charge in [-0.1, -0.05) is 349 Å². The molecule has 0 spiro atoms. The number of unbranched alkanes of at least 4 members (excludes halogenated alkanes) is 42. The molecule has 1 aliphatic heterocycles. The number of nitrogens with one attached hydrogen (secondary N) is 1. The Balaban J connectivity index is 2.12. The summed E-state index contributed by atoms with van der Waals surface area (Å²) in [6.07, 6.45) is 92.5. The monoisotopic (exact) mass is 1250 g/mol. The predicted octanol–water partition coefficient (Wildman–Crippen LogP) is 21.4. The fraction of sp³-hybridized carbons (Fsp3) is 0.787. The lowest BCUT2D eigenvalue weighted by molar-refractivity contribution is -0.302. The van der Waals surface area contributed by atoms with Gasteiger partial charge in [0.2, 0.25) is 5.91 Å². The first kappa shape index (κ1) is 84.1. The van der Waals surface area contributed by atoms with Crippen molar-refractivity contribution in [2.75, 3.05) is 13.2 Å². The first-order chi connectivity index (χ1) is 43.8. The van der Waals surface area contributed by atoms with Crippen LogP contribution in [0.4, 0.5) is 0 Å². The van der Waals surface area contributed by atoms with Crippen LogP contribution in [0.2, 0.25) is 0 Å². The molecule has 89 heavy (non-hydrogen) atoms. The number of allylic oxidation sites excluding steroid dienone is 15. The van der Waals surface area contributed by atoms with Gasteiger partial charge in [-0.15, -0.1) is 0 Å². The predicted molar refractivity (Wildman–Crippen MR) is 382 cm³/mol. The summed E-state index contributed by atoms with van der Waals surface area (Å²) >= 11 is 0. The maximum atomic E-state index is 13.2. The largest absolute Gasteiger partial charge is 0.394 e. The van der Waals surface area contributed by atoms with Crippen LogP contribution in [-0.4, -0.2) is 87.5 Å². The maximum Gasteiger partial charge on any atom is 0.220 e. The van der Waals surface area contributed by atoms with Gasteiger partial charge in [0.1, 0.15) is 24.4 Å². The minimum absolute atomic E-state index is 0.188. The molecule has 0 saturated carbocycles. The molecule has 0 radical (unpaired) electrons. The number of aliphatic hydroxyl groups excluding tert-OH is 5. The highest BCUT2D eigenvalue weighted by molar-refractivity contribution is 5.76. The Kier molecular flexibility index (Phi) is 64.3. The number of aliphatic hydroxyl groups is 5. The van der Waals surface area contributed by atoms with Crippen LogP contribution < -0.4 is 5.32 Å². The van der Waals surface area contributed by atoms with Gasteiger partial charge in [-0.25, -0.2) is 0 Å². The molecule has 0 aromatic carbocycles. The fourth-order valence-corrected chi connectivity index (χ4v) is 11.7. The van der Waals surface area contributed by atoms with Gasteiger partial charge in [-0.05, 0) is 89.9 Å². The van der Waals surface area contributed by atoms with E-state index in [0.29, 0.717) is 6.42 Å². The van der Waals surface area contributed by atoms with Crippen LogP contribution in [-0.2, 0) is 14.3 Å². The van der Waals surface area contributed by atoms with Crippen LogP contribution in [0, 0.1) is 0 Å². The van der Waals surface area contributed by atoms with Crippen LogP contribution >= 0.6 is 0 Å². The van der Waals surface area contributed by atoms with Gasteiger partial charge >= 0.3 is 0 Å². The van der Waals surface area contributed by atoms with Crippen molar-refractivity contribution in [2.24, 2.45) is 0 Å². The third-order valence-corrected chi connectivity index (χ3v) is 17.6. The lowest BCUT2D eigenvalue weighted by atomic mass is 9.99. The highest BCUT2D eigenvalue weighted by Crippen LogP contribution is 2.23. The Morgan fingerprint density at radius 3 is 1.08 bits per heavy atom. The molecular formula is C80H143NO8. The second kappa shape index (κ2) is 68.0. The van der Waals surface area contributed by atoms with Gasteiger partial charge in [-0.3, -0.25) is 4.79 Å². The second-order valence-corrected chi connectivity index (χ2v) is 26.0. The number of hydrogen-bond acceptors (Lipinski definition) is 8. The van der Waals surface area contributed by atoms with E-state index in [4.69, 9.17) is 9.47 Å². The number of carbonyl (C=O) groups is 1. The van der Waals surface area contributed by atoms with Crippen LogP contribution in [0.5, 0.6) is 0 Å². The molecule has 1 aliphatic rings. The van der Waals surface area contributed by atoms with Crippen molar-refractivity contribution < 1.29 is 39.8 Å². The standard InChI is InChI=1S/C80H143NO8/c1-3-5-7-9-11-13-15-17-19-21-23-25-27-29-31-33-35-36-37-38-40-42-44-46-48-50-52-54-56-58-60-62-64-66-68-70-76(84)81-73(72-88-80-79(87)78(86)77(85)75(71-82)89-80)74(83)69-67-65-63-61-59-57-55-53-51-49-47-45-43-41-39-34-32-30-28-26-24-22-20-18-16-14-12-10-8-6-4-2/h5,7,11,13,17,19,23,25,29,31,51,53,59,61,67,69,73-75,77-80,82-83,85-87H,3-4,6,8-10,12,14-16,18,20-22,24,26-28,30,32-50,52,54-58,60,62-66,68,70-72H2,1-2H3,(H,81,84)/b7-5-,13-11-,19-17-,25-23-,31-29-,53-51+,61-59+,69-67+. The van der Waals surface area contributed by atoms with Crippen molar-refractivity contribution in [1.82, 2.24) is 5.32 Å². The molecule has 1 rings (SSSR count). The van der Waals surface area contributed by atoms with E-state index >= 15 is 0 Å². The number of carbonyl (C=O) groups excluding carboxylic acids is 1. The second-order valence-electron chi connectivity index (χ2n) is 26.0. The van der Waals surface area contributed by atoms with E-state index in [1.165, 1.54) is 250 Å². The molecule has 1 amide bonds. The molecule has 0 aromatic heterocycles. The summed E-state index contributed by atoms with van der Waals surface area (Å²) in [5.41, 5.74) is 0. The summed E-state index contributed by atoms with van der Waals surface area (Å²) in [4.78, 5) is 13.2. The van der Waals surface area contributed by atoms with Gasteiger partial charge in [0.25, 0.3) is 0 Å². The van der Waals surface area contributed by atoms with E-state index in [1.807, 2.05) is 6.08 Å². The quantitative estimate of drug-likeness (QED) is 0.0261. The molecule has 0 aliphatic carbocycles. The third-order valence-electron chi connectivity index (χ3n) is 17.6. The maximum absolute atomic E-state index is 13.2. The van der Waals surface area contributed by atoms with Crippen molar-refractivity contribution in [2.45, 2.75) is 391 Å². The smallest absolute Gasteiger partial charge is 0.220 e. The molecule has 0 aromatic rings. The average Bonchev–Trinajstić information content (AvgIpc) is 2.28. The van der Waals surface area contributed by atoms with E-state index in [9.17, 15) is 30.3 Å². The van der Waals surface area contributed by atoms with Crippen molar-refractivity contribution in [3.8, 4) is 0 Å². The minimum atomic E-state index is -1.58. The SMILES string of the molecule is CC/C=C\C/C=C\C/C=C\C/C=C\C/C=C\CCCCCCCCCCCCCCCCCCCCCC(=O)NC(COC1OC(CO)C(O)C(O)C1O)C(O)/C=C/CC/C=C/CC/C=C/CCCCCCCCCCCCCCCCCCCCCCC. The summed E-state index contributed by atoms with van der Waals surface area (Å²) < 4.78 is 11.3. The zero-order valence-corrected chi connectivity index (χ0v) is 57.9. The summed E-state index contributed by atoms with van der Waals surface area (Å²) in [6.45, 7) is 3.68. The molecule has 1 heterocycles. The topological polar surface area (TPSA) is 149 Å². The summed E-state index contributed by atoms with van der Waals surface area (Å²) in [5.74, 6) is -0.188. The highest BCUT2D eigenvalue weighted by atomic mass is 16.7. The average molecular weight is 1250 g/mol. The van der Waals surface area contributed by atoms with Crippen molar-refractivity contribution in [1.29, 1.82) is 0 Å². The zero-order chi connectivity index (χ0) is 64.2. The third kappa shape index (κ3) is 56.4. The van der Waals surface area contributed by atoms with Crippen LogP contribution in [0.25, 0.3) is 0 Å². The Morgan fingerprint density at radius 1 is 0.393 bits per heavy atom. The van der Waals surface area contributed by atoms with Gasteiger partial charge in [0, 0.05) is 6.42 Å². The van der Waals surface area contributed by atoms with Crippen LogP contribution in [0.3, 0.4) is 0 Å². The van der Waals surface area contributed by atoms with Gasteiger partial charge in [-0.2, -0.15) is 0 Å². The molecule has 9 heteroatoms. The number of ether oxygens (including phenoxy) is 2. The summed E-state index contributed by atoms with van der Waals surface area (Å²) in [5, 5.41) is 54.8. The number of rotatable bonds is 66. The Labute approximate surface area is 549 Å². The molecule has 0 bridgehead atoms. The van der Waals surface area contributed by atoms with Gasteiger partial charge < -0.3 is 40.3 Å². The van der Waals surface area contributed by atoms with Crippen molar-refractivity contribution in [3.05, 3.63) is 97.2 Å². The fourth-order valence-electron chi connectivity index (χ4n) is 11.7. The summed E-state index contributed by atoms with van der Waals surface area (Å²) in [6, 6.07) is -0.834. The van der Waals surface area contributed by atoms with Crippen LogP contribution in [0.1, 0.15) is 348 Å². The van der Waals surface area contributed by atoms with Crippen molar-refractivity contribution in [3.63, 3.8) is 0 Å². The highest BCUT2D eigenvalue weighted by Gasteiger charge is 2.44. The Bertz CT molecular complexity index is 1730. The molecule has 9 nitrogen and oxygen atoms in total. The molecule has 516 valence electrons. The van der Waals surface area contributed by atoms with Crippen LogP contribution in [0.15, 0.2) is 97.2 Å². The lowest BCUT2D eigenvalue weighted by Gasteiger charge is -2.40. The first-order valence-corrected chi connectivity index (χ1v) is 38.0. The molecule has 1 fully saturated rings. The Morgan fingerprint density at radius 2 is 0.708 bits per heavy atom. The van der Waals surface area contributed by atoms with E-state index in [2.05, 4.69) is 104 Å². The van der Waals surface area contributed by atoms with Gasteiger partial charge in [0.05, 0.1) is 25.4 Å². The number of hydrogen-bond donors (Lipinski definition) is 6. The first-order valence-electron chi connectivity index (χ1n) is 38.0. The molecular weight excluding hydrogens is 1100 g/mol. The Hall–Kier alpha value is -2.89. The lowest BCUT2D eigenvalue weighted by Crippen LogP contribution is -2.60. The van der Waals surface area contributed by atoms with Crippen molar-refractivity contribution >= 4 is 5.91 Å². The molecule has 7 atom stereocenters. The van der Waals surface area contributed by atoms with E-state index in [1.54, 1.807) is 6.08 Å². The van der Waals surface area contributed by atoms with E-state index in [-0.39, 0.29) is 12.5 Å². The molecule has 7 unspecified atom stereocenters. The van der Waals surface area contributed by atoms with E-state index in [0.717, 1.165) is 77.0 Å². The minimum Gasteiger partial charge on any atom is -0.394 e. The van der Waals surface area contributed by atoms with Gasteiger partial charge in [0.15, 0.2) is 6.29 Å². The molecule has 1 saturated heterocycles. The van der Waals surface area contributed by atoms with E-state index < -0.39 is 49.5 Å². The zero-order valence-electron chi connectivity index (χ0n) is 57.9. The molecule has 6 N–H and O–H groups in total. The summed E-state index contributed by atoms with van der Waals surface area (Å²) in [7, 11) is 0. The number of amides is 1.